The van der Waals surface area contributed by atoms with Crippen LogP contribution in [0.5, 0.6) is 0 Å². The van der Waals surface area contributed by atoms with Crippen LogP contribution in [-0.4, -0.2) is 28.1 Å². The van der Waals surface area contributed by atoms with Gasteiger partial charge in [0.05, 0.1) is 12.0 Å². The fourth-order valence-electron chi connectivity index (χ4n) is 2.87. The van der Waals surface area contributed by atoms with E-state index >= 15 is 0 Å². The largest absolute Gasteiger partial charge is 0.272 e. The number of aromatic nitrogens is 2. The normalized spacial score (nSPS) is 11.1. The highest BCUT2D eigenvalue weighted by Crippen LogP contribution is 2.30. The molecule has 166 valence electrons. The Morgan fingerprint density at radius 1 is 0.909 bits per heavy atom. The zero-order valence-electron chi connectivity index (χ0n) is 18.0. The second-order valence-corrected chi connectivity index (χ2v) is 10.6. The topological polar surface area (TPSA) is 67.2 Å². The molecule has 0 spiro atoms. The predicted molar refractivity (Wildman–Crippen MR) is 139 cm³/mol. The molecular weight excluding hydrogens is 469 g/mol. The van der Waals surface area contributed by atoms with Crippen LogP contribution in [-0.2, 0) is 10.5 Å². The van der Waals surface area contributed by atoms with Gasteiger partial charge >= 0.3 is 0 Å². The van der Waals surface area contributed by atoms with E-state index in [1.165, 1.54) is 39.8 Å². The van der Waals surface area contributed by atoms with Crippen LogP contribution in [0.3, 0.4) is 0 Å². The van der Waals surface area contributed by atoms with Crippen LogP contribution in [0.1, 0.15) is 16.7 Å². The number of hydrogen-bond acceptors (Lipinski definition) is 7. The Labute approximate surface area is 205 Å². The highest BCUT2D eigenvalue weighted by Gasteiger charge is 2.08. The molecule has 4 rings (SSSR count). The van der Waals surface area contributed by atoms with Crippen molar-refractivity contribution in [3.05, 3.63) is 95.6 Å². The number of thioether (sulfide) groups is 2. The van der Waals surface area contributed by atoms with Gasteiger partial charge in [-0.3, -0.25) is 4.79 Å². The molecule has 0 aliphatic heterocycles. The number of hydrazone groups is 1. The number of amides is 1. The summed E-state index contributed by atoms with van der Waals surface area (Å²) in [6.45, 7) is 2.08. The lowest BCUT2D eigenvalue weighted by Gasteiger charge is -2.02. The number of carbonyl (C=O) groups is 1. The van der Waals surface area contributed by atoms with Gasteiger partial charge in [-0.25, -0.2) is 5.43 Å². The van der Waals surface area contributed by atoms with E-state index in [2.05, 4.69) is 64.0 Å². The van der Waals surface area contributed by atoms with Crippen molar-refractivity contribution >= 4 is 47.0 Å². The Balaban J connectivity index is 1.19. The third kappa shape index (κ3) is 7.28. The van der Waals surface area contributed by atoms with E-state index < -0.39 is 0 Å². The maximum absolute atomic E-state index is 12.1. The molecule has 0 fully saturated rings. The minimum absolute atomic E-state index is 0.179. The molecule has 1 aromatic heterocycles. The minimum atomic E-state index is -0.179. The third-order valence-electron chi connectivity index (χ3n) is 4.62. The molecule has 0 saturated carbocycles. The van der Waals surface area contributed by atoms with Crippen LogP contribution in [0, 0.1) is 6.92 Å². The van der Waals surface area contributed by atoms with Gasteiger partial charge in [-0.15, -0.1) is 10.2 Å². The number of benzene rings is 3. The van der Waals surface area contributed by atoms with Gasteiger partial charge < -0.3 is 0 Å². The van der Waals surface area contributed by atoms with E-state index in [9.17, 15) is 4.79 Å². The van der Waals surface area contributed by atoms with E-state index in [1.54, 1.807) is 18.0 Å². The molecule has 0 atom stereocenters. The van der Waals surface area contributed by atoms with Crippen LogP contribution in [0.25, 0.3) is 11.1 Å². The third-order valence-corrected chi connectivity index (χ3v) is 7.88. The van der Waals surface area contributed by atoms with Gasteiger partial charge in [-0.1, -0.05) is 119 Å². The van der Waals surface area contributed by atoms with Gasteiger partial charge in [0, 0.05) is 5.75 Å². The lowest BCUT2D eigenvalue weighted by molar-refractivity contribution is -0.118. The van der Waals surface area contributed by atoms with Crippen molar-refractivity contribution in [2.24, 2.45) is 5.10 Å². The summed E-state index contributed by atoms with van der Waals surface area (Å²) in [4.78, 5) is 12.1. The van der Waals surface area contributed by atoms with Crippen LogP contribution in [0.2, 0.25) is 0 Å². The first-order valence-electron chi connectivity index (χ1n) is 10.3. The Hall–Kier alpha value is -2.94. The standard InChI is InChI=1S/C25H22N4OS3/c1-18-7-9-20(10-8-18)16-31-24-28-29-25(33-24)32-17-23(30)27-26-15-19-11-13-22(14-12-19)21-5-3-2-4-6-21/h2-15H,16-17H2,1H3,(H,27,30). The van der Waals surface area contributed by atoms with E-state index in [-0.39, 0.29) is 11.7 Å². The van der Waals surface area contributed by atoms with Crippen LogP contribution in [0.15, 0.2) is 92.6 Å². The van der Waals surface area contributed by atoms with Crippen molar-refractivity contribution in [2.75, 3.05) is 5.75 Å². The fourth-order valence-corrected chi connectivity index (χ4v) is 5.64. The Morgan fingerprint density at radius 2 is 1.58 bits per heavy atom. The molecule has 4 aromatic rings. The number of nitrogens with one attached hydrogen (secondary N) is 1. The number of rotatable bonds is 9. The summed E-state index contributed by atoms with van der Waals surface area (Å²) in [6.07, 6.45) is 1.64. The van der Waals surface area contributed by atoms with E-state index in [1.807, 2.05) is 42.5 Å². The lowest BCUT2D eigenvalue weighted by Crippen LogP contribution is -2.19. The van der Waals surface area contributed by atoms with Crippen molar-refractivity contribution in [1.29, 1.82) is 0 Å². The van der Waals surface area contributed by atoms with E-state index in [0.29, 0.717) is 0 Å². The molecule has 0 aliphatic rings. The second kappa shape index (κ2) is 11.8. The summed E-state index contributed by atoms with van der Waals surface area (Å²) in [5, 5.41) is 12.4. The molecule has 1 amide bonds. The Morgan fingerprint density at radius 3 is 2.30 bits per heavy atom. The number of hydrogen-bond donors (Lipinski definition) is 1. The molecule has 0 unspecified atom stereocenters. The monoisotopic (exact) mass is 490 g/mol. The van der Waals surface area contributed by atoms with Crippen molar-refractivity contribution in [3.8, 4) is 11.1 Å². The zero-order valence-corrected chi connectivity index (χ0v) is 20.4. The lowest BCUT2D eigenvalue weighted by atomic mass is 10.0. The summed E-state index contributed by atoms with van der Waals surface area (Å²) >= 11 is 4.52. The van der Waals surface area contributed by atoms with Crippen molar-refractivity contribution in [1.82, 2.24) is 15.6 Å². The minimum Gasteiger partial charge on any atom is -0.272 e. The first-order chi connectivity index (χ1) is 16.2. The summed E-state index contributed by atoms with van der Waals surface area (Å²) < 4.78 is 1.67. The maximum Gasteiger partial charge on any atom is 0.250 e. The molecule has 1 N–H and O–H groups in total. The first kappa shape index (κ1) is 23.2. The molecule has 0 bridgehead atoms. The van der Waals surface area contributed by atoms with Crippen LogP contribution >= 0.6 is 34.9 Å². The average Bonchev–Trinajstić information content (AvgIpc) is 3.31. The van der Waals surface area contributed by atoms with Gasteiger partial charge in [0.2, 0.25) is 0 Å². The highest BCUT2D eigenvalue weighted by molar-refractivity contribution is 8.03. The molecule has 33 heavy (non-hydrogen) atoms. The summed E-state index contributed by atoms with van der Waals surface area (Å²) in [6, 6.07) is 26.7. The molecule has 0 radical (unpaired) electrons. The van der Waals surface area contributed by atoms with Gasteiger partial charge in [-0.2, -0.15) is 5.10 Å². The predicted octanol–water partition coefficient (Wildman–Crippen LogP) is 6.05. The maximum atomic E-state index is 12.1. The Kier molecular flexibility index (Phi) is 8.30. The molecule has 0 aliphatic carbocycles. The van der Waals surface area contributed by atoms with E-state index in [0.717, 1.165) is 25.6 Å². The molecule has 5 nitrogen and oxygen atoms in total. The second-order valence-electron chi connectivity index (χ2n) is 7.18. The average molecular weight is 491 g/mol. The quantitative estimate of drug-likeness (QED) is 0.176. The van der Waals surface area contributed by atoms with E-state index in [4.69, 9.17) is 0 Å². The smallest absolute Gasteiger partial charge is 0.250 e. The van der Waals surface area contributed by atoms with Crippen LogP contribution in [0.4, 0.5) is 0 Å². The molecule has 3 aromatic carbocycles. The van der Waals surface area contributed by atoms with Gasteiger partial charge in [0.1, 0.15) is 0 Å². The number of carbonyl (C=O) groups excluding carboxylic acids is 1. The number of nitrogens with zero attached hydrogens (tertiary/aromatic N) is 3. The summed E-state index contributed by atoms with van der Waals surface area (Å²) in [5.41, 5.74) is 8.30. The van der Waals surface area contributed by atoms with Crippen molar-refractivity contribution in [3.63, 3.8) is 0 Å². The van der Waals surface area contributed by atoms with Crippen molar-refractivity contribution < 1.29 is 4.79 Å². The summed E-state index contributed by atoms with van der Waals surface area (Å²) in [5.74, 6) is 0.907. The molecule has 0 saturated heterocycles. The Bertz CT molecular complexity index is 1210. The fraction of sp³-hybridized carbons (Fsp3) is 0.120. The highest BCUT2D eigenvalue weighted by atomic mass is 32.2. The first-order valence-corrected chi connectivity index (χ1v) is 13.1. The zero-order chi connectivity index (χ0) is 22.9. The van der Waals surface area contributed by atoms with Crippen molar-refractivity contribution in [2.45, 2.75) is 21.4 Å². The van der Waals surface area contributed by atoms with Crippen LogP contribution < -0.4 is 5.43 Å². The number of aryl methyl sites for hydroxylation is 1. The van der Waals surface area contributed by atoms with Gasteiger partial charge in [0.25, 0.3) is 5.91 Å². The van der Waals surface area contributed by atoms with Gasteiger partial charge in [-0.05, 0) is 29.2 Å². The molecular formula is C25H22N4OS3. The molecule has 1 heterocycles. The molecule has 8 heteroatoms. The van der Waals surface area contributed by atoms with Gasteiger partial charge in [0.15, 0.2) is 8.68 Å². The summed E-state index contributed by atoms with van der Waals surface area (Å²) in [7, 11) is 0. The SMILES string of the molecule is Cc1ccc(CSc2nnc(SCC(=O)NN=Cc3ccc(-c4ccccc4)cc3)s2)cc1.